The molecule has 0 fully saturated rings. The number of hydrogen-bond acceptors (Lipinski definition) is 1. The summed E-state index contributed by atoms with van der Waals surface area (Å²) < 4.78 is 2.67. The molecule has 0 aliphatic heterocycles. The highest BCUT2D eigenvalue weighted by atomic mass is 32.1. The Morgan fingerprint density at radius 3 is 1.58 bits per heavy atom. The first-order valence-corrected chi connectivity index (χ1v) is 15.6. The second-order valence-corrected chi connectivity index (χ2v) is 12.3. The third kappa shape index (κ3) is 3.82. The second kappa shape index (κ2) is 9.66. The van der Waals surface area contributed by atoms with Crippen LogP contribution in [0.1, 0.15) is 0 Å². The fourth-order valence-electron chi connectivity index (χ4n) is 6.92. The molecule has 43 heavy (non-hydrogen) atoms. The van der Waals surface area contributed by atoms with Crippen molar-refractivity contribution in [3.63, 3.8) is 0 Å². The molecule has 0 atom stereocenters. The van der Waals surface area contributed by atoms with Gasteiger partial charge in [-0.15, -0.1) is 11.3 Å². The SMILES string of the molecule is c1ccc(-c2c3ccccc3c(-c3cc(-c4ccc5c(c4)sc4ccccc45)cc4ccccc34)c3ccccc23)cc1. The van der Waals surface area contributed by atoms with Crippen molar-refractivity contribution in [2.75, 3.05) is 0 Å². The minimum atomic E-state index is 1.24. The average molecular weight is 563 g/mol. The van der Waals surface area contributed by atoms with E-state index in [-0.39, 0.29) is 0 Å². The summed E-state index contributed by atoms with van der Waals surface area (Å²) in [6.45, 7) is 0. The number of benzene rings is 8. The molecule has 0 aliphatic rings. The quantitative estimate of drug-likeness (QED) is 0.188. The molecule has 200 valence electrons. The summed E-state index contributed by atoms with van der Waals surface area (Å²) >= 11 is 1.88. The van der Waals surface area contributed by atoms with Gasteiger partial charge in [0, 0.05) is 20.2 Å². The maximum atomic E-state index is 2.42. The molecule has 0 spiro atoms. The van der Waals surface area contributed by atoms with Crippen molar-refractivity contribution in [1.29, 1.82) is 0 Å². The molecular formula is C42H26S. The van der Waals surface area contributed by atoms with E-state index >= 15 is 0 Å². The highest BCUT2D eigenvalue weighted by Gasteiger charge is 2.19. The Hall–Kier alpha value is -5.24. The fraction of sp³-hybridized carbons (Fsp3) is 0. The van der Waals surface area contributed by atoms with Gasteiger partial charge in [-0.25, -0.2) is 0 Å². The molecule has 0 saturated carbocycles. The lowest BCUT2D eigenvalue weighted by Gasteiger charge is -2.19. The Morgan fingerprint density at radius 1 is 0.302 bits per heavy atom. The van der Waals surface area contributed by atoms with Crippen molar-refractivity contribution >= 4 is 63.8 Å². The number of fused-ring (bicyclic) bond motifs is 6. The van der Waals surface area contributed by atoms with E-state index in [9.17, 15) is 0 Å². The number of thiophene rings is 1. The standard InChI is InChI=1S/C42H26S/c1-2-12-27(13-3-1)41-34-17-6-8-19-36(34)42(37-20-9-7-18-35(37)41)38-25-30(24-29-14-4-5-15-31(29)38)28-22-23-33-32-16-10-11-21-39(32)43-40(33)26-28/h1-26H. The Labute approximate surface area is 254 Å². The maximum absolute atomic E-state index is 2.42. The van der Waals surface area contributed by atoms with Crippen molar-refractivity contribution in [2.45, 2.75) is 0 Å². The fourth-order valence-corrected chi connectivity index (χ4v) is 8.07. The predicted octanol–water partition coefficient (Wildman–Crippen LogP) is 12.5. The van der Waals surface area contributed by atoms with Crippen LogP contribution in [0.15, 0.2) is 158 Å². The first-order valence-electron chi connectivity index (χ1n) is 14.8. The van der Waals surface area contributed by atoms with Crippen LogP contribution in [0.3, 0.4) is 0 Å². The van der Waals surface area contributed by atoms with E-state index in [2.05, 4.69) is 158 Å². The van der Waals surface area contributed by atoms with E-state index in [4.69, 9.17) is 0 Å². The van der Waals surface area contributed by atoms with Gasteiger partial charge in [0.05, 0.1) is 0 Å². The average Bonchev–Trinajstić information content (AvgIpc) is 3.45. The summed E-state index contributed by atoms with van der Waals surface area (Å²) in [6.07, 6.45) is 0. The summed E-state index contributed by atoms with van der Waals surface area (Å²) in [5.74, 6) is 0. The molecule has 0 N–H and O–H groups in total. The smallest absolute Gasteiger partial charge is 0.0361 e. The zero-order chi connectivity index (χ0) is 28.3. The molecule has 9 aromatic rings. The minimum absolute atomic E-state index is 1.24. The number of rotatable bonds is 3. The Kier molecular flexibility index (Phi) is 5.47. The maximum Gasteiger partial charge on any atom is 0.0361 e. The predicted molar refractivity (Wildman–Crippen MR) is 188 cm³/mol. The highest BCUT2D eigenvalue weighted by Crippen LogP contribution is 2.46. The molecule has 0 amide bonds. The molecule has 8 aromatic carbocycles. The largest absolute Gasteiger partial charge is 0.135 e. The van der Waals surface area contributed by atoms with Gasteiger partial charge in [-0.3, -0.25) is 0 Å². The van der Waals surface area contributed by atoms with E-state index in [0.29, 0.717) is 0 Å². The van der Waals surface area contributed by atoms with Crippen LogP contribution in [0.25, 0.3) is 85.9 Å². The van der Waals surface area contributed by atoms with Crippen LogP contribution in [0.4, 0.5) is 0 Å². The monoisotopic (exact) mass is 562 g/mol. The van der Waals surface area contributed by atoms with E-state index in [1.165, 1.54) is 85.9 Å². The summed E-state index contributed by atoms with van der Waals surface area (Å²) in [5, 5.41) is 10.3. The molecule has 0 bridgehead atoms. The van der Waals surface area contributed by atoms with Crippen LogP contribution < -0.4 is 0 Å². The van der Waals surface area contributed by atoms with Crippen LogP contribution in [0, 0.1) is 0 Å². The minimum Gasteiger partial charge on any atom is -0.135 e. The molecule has 1 aromatic heterocycles. The van der Waals surface area contributed by atoms with Crippen LogP contribution in [-0.2, 0) is 0 Å². The van der Waals surface area contributed by atoms with E-state index in [0.717, 1.165) is 0 Å². The van der Waals surface area contributed by atoms with E-state index in [1.54, 1.807) is 0 Å². The van der Waals surface area contributed by atoms with Crippen LogP contribution in [0.2, 0.25) is 0 Å². The number of hydrogen-bond donors (Lipinski definition) is 0. The lowest BCUT2D eigenvalue weighted by molar-refractivity contribution is 1.65. The topological polar surface area (TPSA) is 0 Å². The summed E-state index contributed by atoms with van der Waals surface area (Å²) in [4.78, 5) is 0. The zero-order valence-corrected chi connectivity index (χ0v) is 24.2. The lowest BCUT2D eigenvalue weighted by atomic mass is 9.84. The van der Waals surface area contributed by atoms with Gasteiger partial charge in [0.15, 0.2) is 0 Å². The van der Waals surface area contributed by atoms with Crippen molar-refractivity contribution in [2.24, 2.45) is 0 Å². The summed E-state index contributed by atoms with van der Waals surface area (Å²) in [5.41, 5.74) is 7.61. The molecule has 0 radical (unpaired) electrons. The Morgan fingerprint density at radius 2 is 0.860 bits per heavy atom. The highest BCUT2D eigenvalue weighted by molar-refractivity contribution is 7.25. The van der Waals surface area contributed by atoms with Crippen molar-refractivity contribution in [3.05, 3.63) is 158 Å². The molecule has 1 heterocycles. The molecule has 0 nitrogen and oxygen atoms in total. The Balaban J connectivity index is 1.37. The van der Waals surface area contributed by atoms with Crippen LogP contribution >= 0.6 is 11.3 Å². The van der Waals surface area contributed by atoms with Crippen molar-refractivity contribution < 1.29 is 0 Å². The van der Waals surface area contributed by atoms with Gasteiger partial charge >= 0.3 is 0 Å². The molecule has 0 aliphatic carbocycles. The van der Waals surface area contributed by atoms with E-state index < -0.39 is 0 Å². The van der Waals surface area contributed by atoms with Crippen molar-refractivity contribution in [1.82, 2.24) is 0 Å². The Bertz CT molecular complexity index is 2440. The first kappa shape index (κ1) is 24.4. The summed E-state index contributed by atoms with van der Waals surface area (Å²) in [7, 11) is 0. The molecular weight excluding hydrogens is 537 g/mol. The zero-order valence-electron chi connectivity index (χ0n) is 23.4. The normalized spacial score (nSPS) is 11.7. The molecule has 9 rings (SSSR count). The van der Waals surface area contributed by atoms with Gasteiger partial charge in [0.2, 0.25) is 0 Å². The van der Waals surface area contributed by atoms with Gasteiger partial charge in [0.1, 0.15) is 0 Å². The van der Waals surface area contributed by atoms with Gasteiger partial charge < -0.3 is 0 Å². The van der Waals surface area contributed by atoms with Crippen LogP contribution in [0.5, 0.6) is 0 Å². The van der Waals surface area contributed by atoms with Gasteiger partial charge in [-0.2, -0.15) is 0 Å². The first-order chi connectivity index (χ1) is 21.3. The van der Waals surface area contributed by atoms with Gasteiger partial charge in [-0.05, 0) is 90.0 Å². The summed E-state index contributed by atoms with van der Waals surface area (Å²) in [6, 6.07) is 58.0. The molecule has 1 heteroatoms. The van der Waals surface area contributed by atoms with Crippen molar-refractivity contribution in [3.8, 4) is 33.4 Å². The lowest BCUT2D eigenvalue weighted by Crippen LogP contribution is -1.92. The molecule has 0 unspecified atom stereocenters. The van der Waals surface area contributed by atoms with Gasteiger partial charge in [-0.1, -0.05) is 133 Å². The van der Waals surface area contributed by atoms with Crippen LogP contribution in [-0.4, -0.2) is 0 Å². The van der Waals surface area contributed by atoms with E-state index in [1.807, 2.05) is 11.3 Å². The third-order valence-corrected chi connectivity index (χ3v) is 9.97. The van der Waals surface area contributed by atoms with Gasteiger partial charge in [0.25, 0.3) is 0 Å². The third-order valence-electron chi connectivity index (χ3n) is 8.84. The molecule has 0 saturated heterocycles. The second-order valence-electron chi connectivity index (χ2n) is 11.3.